The van der Waals surface area contributed by atoms with Crippen molar-refractivity contribution in [2.45, 2.75) is 159 Å². The molecular formula is C52H78N14O14S. The number of likely N-dealkylation sites (tertiary alicyclic amines) is 2. The van der Waals surface area contributed by atoms with E-state index >= 15 is 0 Å². The minimum atomic E-state index is -1.55. The van der Waals surface area contributed by atoms with Crippen molar-refractivity contribution in [3.05, 3.63) is 36.0 Å². The van der Waals surface area contributed by atoms with Gasteiger partial charge in [-0.1, -0.05) is 32.0 Å². The van der Waals surface area contributed by atoms with Crippen molar-refractivity contribution in [3.8, 4) is 0 Å². The fourth-order valence-electron chi connectivity index (χ4n) is 9.42. The van der Waals surface area contributed by atoms with Crippen molar-refractivity contribution in [1.29, 1.82) is 0 Å². The standard InChI is InChI=1S/C52H78N14O14S/c1-27(2)23-36(64-50(77)38-11-7-21-66(38)51(78)39-12-8-20-65(39)43(70)26-58-44(71)31(53)13-16-40(54)67)48(75)61-34(15-18-42(56)69)46(73)63-37(24-29-25-57-32-10-6-5-9-30(29)32)49(76)62-35(19-22-81-4)47(74)60-33(14-17-41(55)68)45(72)59-28(3)52(79)80/h5-6,9-10,25,27-28,31,33-39,57H,7-8,11-24,26,53H2,1-4H3,(H2,54,67)(H2,55,68)(H2,56,69)(H,58,71)(H,59,72)(H,60,74)(H,61,75)(H,62,76)(H,63,73)(H,64,77)(H,79,80)/t28-,31-,33-,34-,35-,36-,37-,38-,39-/m0/s1. The van der Waals surface area contributed by atoms with Crippen molar-refractivity contribution in [2.24, 2.45) is 28.9 Å². The molecule has 446 valence electrons. The Hall–Kier alpha value is -7.82. The van der Waals surface area contributed by atoms with Gasteiger partial charge in [0.15, 0.2) is 0 Å². The van der Waals surface area contributed by atoms with Crippen molar-refractivity contribution in [1.82, 2.24) is 52.0 Å². The third-order valence-electron chi connectivity index (χ3n) is 13.8. The summed E-state index contributed by atoms with van der Waals surface area (Å²) in [5, 5.41) is 28.0. The molecule has 4 rings (SSSR count). The molecule has 0 bridgehead atoms. The Morgan fingerprint density at radius 2 is 1.15 bits per heavy atom. The topological polar surface area (TPSA) is 453 Å². The maximum absolute atomic E-state index is 14.6. The summed E-state index contributed by atoms with van der Waals surface area (Å²) in [5.74, 6) is -10.5. The molecule has 28 nitrogen and oxygen atoms in total. The Bertz CT molecular complexity index is 2630. The third-order valence-corrected chi connectivity index (χ3v) is 14.5. The predicted octanol–water partition coefficient (Wildman–Crippen LogP) is -3.26. The molecule has 2 aromatic rings. The number of nitrogens with one attached hydrogen (secondary N) is 8. The van der Waals surface area contributed by atoms with Crippen LogP contribution < -0.4 is 60.2 Å². The molecule has 3 heterocycles. The Labute approximate surface area is 472 Å². The predicted molar refractivity (Wildman–Crippen MR) is 295 cm³/mol. The highest BCUT2D eigenvalue weighted by Crippen LogP contribution is 2.26. The van der Waals surface area contributed by atoms with Crippen LogP contribution in [0.4, 0.5) is 0 Å². The fourth-order valence-corrected chi connectivity index (χ4v) is 9.89. The maximum atomic E-state index is 14.6. The lowest BCUT2D eigenvalue weighted by Crippen LogP contribution is -2.60. The number of hydrogen-bond acceptors (Lipinski definition) is 15. The molecule has 0 aliphatic carbocycles. The van der Waals surface area contributed by atoms with Gasteiger partial charge < -0.3 is 80.0 Å². The maximum Gasteiger partial charge on any atom is 0.325 e. The van der Waals surface area contributed by atoms with E-state index in [1.165, 1.54) is 28.5 Å². The number of aromatic amines is 1. The number of thioether (sulfide) groups is 1. The van der Waals surface area contributed by atoms with E-state index < -0.39 is 144 Å². The zero-order valence-electron chi connectivity index (χ0n) is 46.0. The van der Waals surface area contributed by atoms with Gasteiger partial charge in [0.25, 0.3) is 0 Å². The zero-order chi connectivity index (χ0) is 60.1. The van der Waals surface area contributed by atoms with Crippen LogP contribution in [-0.2, 0) is 68.7 Å². The molecule has 2 aliphatic heterocycles. The third kappa shape index (κ3) is 20.3. The number of aromatic nitrogens is 1. The van der Waals surface area contributed by atoms with Gasteiger partial charge in [0, 0.05) is 55.9 Å². The SMILES string of the molecule is CSCC[C@H](NC(=O)[C@H](Cc1c[nH]c2ccccc12)NC(=O)[C@H](CCC(N)=O)NC(=O)[C@H](CC(C)C)NC(=O)[C@@H]1CCCN1C(=O)[C@@H]1CCCN1C(=O)CNC(=O)[C@@H](N)CCC(N)=O)C(=O)N[C@@H](CCC(N)=O)C(=O)N[C@@H](C)C(=O)O. The van der Waals surface area contributed by atoms with Crippen LogP contribution in [0.2, 0.25) is 0 Å². The van der Waals surface area contributed by atoms with E-state index in [0.29, 0.717) is 35.1 Å². The average Bonchev–Trinajstić information content (AvgIpc) is 4.24. The second kappa shape index (κ2) is 31.8. The molecule has 1 aromatic heterocycles. The molecule has 29 heteroatoms. The number of hydrogen-bond donors (Lipinski definition) is 13. The van der Waals surface area contributed by atoms with Gasteiger partial charge >= 0.3 is 5.97 Å². The van der Waals surface area contributed by atoms with Crippen LogP contribution in [0.5, 0.6) is 0 Å². The first-order valence-corrected chi connectivity index (χ1v) is 28.3. The molecule has 9 atom stereocenters. The first-order valence-electron chi connectivity index (χ1n) is 26.9. The summed E-state index contributed by atoms with van der Waals surface area (Å²) in [5.41, 5.74) is 23.1. The van der Waals surface area contributed by atoms with E-state index in [-0.39, 0.29) is 83.2 Å². The Morgan fingerprint density at radius 3 is 1.72 bits per heavy atom. The van der Waals surface area contributed by atoms with E-state index in [2.05, 4.69) is 42.2 Å². The largest absolute Gasteiger partial charge is 0.480 e. The van der Waals surface area contributed by atoms with Gasteiger partial charge in [-0.05, 0) is 94.3 Å². The minimum Gasteiger partial charge on any atom is -0.480 e. The number of carbonyl (C=O) groups is 13. The van der Waals surface area contributed by atoms with Crippen LogP contribution in [-0.4, -0.2) is 183 Å². The highest BCUT2D eigenvalue weighted by Gasteiger charge is 2.43. The molecule has 0 saturated carbocycles. The number of para-hydroxylation sites is 1. The van der Waals surface area contributed by atoms with Crippen LogP contribution in [0.25, 0.3) is 10.9 Å². The van der Waals surface area contributed by atoms with Gasteiger partial charge in [-0.15, -0.1) is 0 Å². The van der Waals surface area contributed by atoms with Crippen LogP contribution in [0, 0.1) is 5.92 Å². The second-order valence-corrected chi connectivity index (χ2v) is 21.6. The van der Waals surface area contributed by atoms with Gasteiger partial charge in [-0.2, -0.15) is 11.8 Å². The number of benzene rings is 1. The number of carbonyl (C=O) groups excluding carboxylic acids is 12. The summed E-state index contributed by atoms with van der Waals surface area (Å²) in [6.07, 6.45) is 2.98. The molecule has 2 saturated heterocycles. The molecule has 12 amide bonds. The summed E-state index contributed by atoms with van der Waals surface area (Å²) in [6.45, 7) is 4.67. The normalized spacial score (nSPS) is 17.6. The minimum absolute atomic E-state index is 0.00652. The van der Waals surface area contributed by atoms with Crippen LogP contribution in [0.3, 0.4) is 0 Å². The van der Waals surface area contributed by atoms with E-state index in [1.54, 1.807) is 50.6 Å². The van der Waals surface area contributed by atoms with Crippen molar-refractivity contribution >= 4 is 99.5 Å². The Kier molecular flexibility index (Phi) is 25.8. The second-order valence-electron chi connectivity index (χ2n) is 20.6. The summed E-state index contributed by atoms with van der Waals surface area (Å²) < 4.78 is 0. The van der Waals surface area contributed by atoms with E-state index in [9.17, 15) is 67.4 Å². The average molecular weight is 1160 g/mol. The molecule has 17 N–H and O–H groups in total. The van der Waals surface area contributed by atoms with Gasteiger partial charge in [-0.25, -0.2) is 0 Å². The van der Waals surface area contributed by atoms with Crippen LogP contribution >= 0.6 is 11.8 Å². The summed E-state index contributed by atoms with van der Waals surface area (Å²) in [6, 6.07) is -4.52. The summed E-state index contributed by atoms with van der Waals surface area (Å²) in [4.78, 5) is 177. The smallest absolute Gasteiger partial charge is 0.325 e. The molecule has 0 unspecified atom stereocenters. The van der Waals surface area contributed by atoms with Crippen LogP contribution in [0.15, 0.2) is 30.5 Å². The van der Waals surface area contributed by atoms with Gasteiger partial charge in [0.05, 0.1) is 12.6 Å². The lowest BCUT2D eigenvalue weighted by atomic mass is 10.0. The molecule has 0 spiro atoms. The number of nitrogens with two attached hydrogens (primary N) is 4. The fraction of sp³-hybridized carbons (Fsp3) is 0.596. The van der Waals surface area contributed by atoms with Crippen molar-refractivity contribution in [2.75, 3.05) is 31.6 Å². The van der Waals surface area contributed by atoms with Gasteiger partial charge in [0.1, 0.15) is 48.3 Å². The summed E-state index contributed by atoms with van der Waals surface area (Å²) in [7, 11) is 0. The zero-order valence-corrected chi connectivity index (χ0v) is 46.9. The highest BCUT2D eigenvalue weighted by atomic mass is 32.2. The summed E-state index contributed by atoms with van der Waals surface area (Å²) >= 11 is 1.33. The number of fused-ring (bicyclic) bond motifs is 1. The van der Waals surface area contributed by atoms with Gasteiger partial charge in [0.2, 0.25) is 70.9 Å². The molecule has 1 aromatic carbocycles. The number of carboxylic acid groups (broad SMARTS) is 1. The first kappa shape index (κ1) is 65.7. The van der Waals surface area contributed by atoms with E-state index in [4.69, 9.17) is 22.9 Å². The van der Waals surface area contributed by atoms with Crippen LogP contribution in [0.1, 0.15) is 103 Å². The number of primary amides is 3. The number of amides is 12. The van der Waals surface area contributed by atoms with Gasteiger partial charge in [-0.3, -0.25) is 62.3 Å². The molecule has 2 fully saturated rings. The Balaban J connectivity index is 1.56. The van der Waals surface area contributed by atoms with E-state index in [1.807, 2.05) is 0 Å². The molecule has 0 radical (unpaired) electrons. The molecule has 81 heavy (non-hydrogen) atoms. The number of nitrogens with zero attached hydrogens (tertiary/aromatic N) is 2. The number of aliphatic carboxylic acids is 1. The monoisotopic (exact) mass is 1150 g/mol. The lowest BCUT2D eigenvalue weighted by Gasteiger charge is -2.32. The Morgan fingerprint density at radius 1 is 0.642 bits per heavy atom. The van der Waals surface area contributed by atoms with E-state index in [0.717, 1.165) is 0 Å². The number of rotatable bonds is 33. The first-order chi connectivity index (χ1) is 38.3. The van der Waals surface area contributed by atoms with Crippen molar-refractivity contribution in [3.63, 3.8) is 0 Å². The van der Waals surface area contributed by atoms with Crippen molar-refractivity contribution < 1.29 is 67.4 Å². The quantitative estimate of drug-likeness (QED) is 0.0334. The number of carboxylic acids is 1. The highest BCUT2D eigenvalue weighted by molar-refractivity contribution is 7.98. The molecular weight excluding hydrogens is 1080 g/mol. The lowest BCUT2D eigenvalue weighted by molar-refractivity contribution is -0.147. The number of H-pyrrole nitrogens is 1. The molecule has 2 aliphatic rings.